The lowest BCUT2D eigenvalue weighted by molar-refractivity contribution is -0.140. The summed E-state index contributed by atoms with van der Waals surface area (Å²) in [6.45, 7) is 2.05. The second kappa shape index (κ2) is 9.22. The Hall–Kier alpha value is -0.770. The number of sulfonamides is 1. The molecule has 0 aromatic heterocycles. The summed E-state index contributed by atoms with van der Waals surface area (Å²) in [4.78, 5) is 11.1. The number of hydrogen-bond acceptors (Lipinski definition) is 6. The van der Waals surface area contributed by atoms with E-state index in [4.69, 9.17) is 22.7 Å². The van der Waals surface area contributed by atoms with Crippen molar-refractivity contribution in [3.05, 3.63) is 0 Å². The number of nitrogens with two attached hydrogens (primary N) is 1. The molecule has 0 saturated heterocycles. The topological polar surface area (TPSA) is 98.9 Å². The fourth-order valence-corrected chi connectivity index (χ4v) is 3.90. The Bertz CT molecular complexity index is 425. The van der Waals surface area contributed by atoms with Crippen molar-refractivity contribution in [3.8, 4) is 0 Å². The maximum atomic E-state index is 12.5. The van der Waals surface area contributed by atoms with Gasteiger partial charge >= 0.3 is 5.97 Å². The van der Waals surface area contributed by atoms with Gasteiger partial charge in [0.2, 0.25) is 10.0 Å². The van der Waals surface area contributed by atoms with Gasteiger partial charge in [0.1, 0.15) is 5.25 Å². The summed E-state index contributed by atoms with van der Waals surface area (Å²) in [5.41, 5.74) is 5.48. The van der Waals surface area contributed by atoms with E-state index in [9.17, 15) is 13.2 Å². The van der Waals surface area contributed by atoms with Crippen LogP contribution >= 0.6 is 12.2 Å². The first-order chi connectivity index (χ1) is 9.31. The Morgan fingerprint density at radius 3 is 2.35 bits per heavy atom. The van der Waals surface area contributed by atoms with E-state index in [2.05, 4.69) is 4.74 Å². The molecule has 0 spiro atoms. The van der Waals surface area contributed by atoms with E-state index in [-0.39, 0.29) is 37.5 Å². The van der Waals surface area contributed by atoms with Gasteiger partial charge < -0.3 is 15.2 Å². The van der Waals surface area contributed by atoms with Crippen molar-refractivity contribution >= 4 is 33.2 Å². The van der Waals surface area contributed by atoms with E-state index >= 15 is 0 Å². The van der Waals surface area contributed by atoms with E-state index in [0.717, 1.165) is 0 Å². The van der Waals surface area contributed by atoms with Gasteiger partial charge in [0.25, 0.3) is 0 Å². The molecular weight excluding hydrogens is 304 g/mol. The lowest BCUT2D eigenvalue weighted by Crippen LogP contribution is -2.46. The summed E-state index contributed by atoms with van der Waals surface area (Å²) in [6, 6.07) is 0. The average molecular weight is 326 g/mol. The maximum absolute atomic E-state index is 12.5. The predicted octanol–water partition coefficient (Wildman–Crippen LogP) is -0.108. The molecule has 0 radical (unpaired) electrons. The summed E-state index contributed by atoms with van der Waals surface area (Å²) in [5, 5.41) is -0.938. The van der Waals surface area contributed by atoms with Gasteiger partial charge in [-0.2, -0.15) is 4.31 Å². The summed E-state index contributed by atoms with van der Waals surface area (Å²) in [5.74, 6) is -0.481. The lowest BCUT2D eigenvalue weighted by Gasteiger charge is -2.26. The first-order valence-corrected chi connectivity index (χ1v) is 8.06. The highest BCUT2D eigenvalue weighted by molar-refractivity contribution is 7.92. The molecule has 0 bridgehead atoms. The molecule has 0 amide bonds. The molecule has 0 aliphatic heterocycles. The van der Waals surface area contributed by atoms with Crippen LogP contribution in [0.25, 0.3) is 0 Å². The zero-order chi connectivity index (χ0) is 15.8. The number of rotatable bonds is 10. The number of thiocarbonyl (C=S) groups is 1. The van der Waals surface area contributed by atoms with Crippen molar-refractivity contribution in [2.45, 2.75) is 25.0 Å². The highest BCUT2D eigenvalue weighted by Gasteiger charge is 2.32. The Balaban J connectivity index is 5.07. The van der Waals surface area contributed by atoms with Gasteiger partial charge in [-0.3, -0.25) is 4.79 Å². The van der Waals surface area contributed by atoms with E-state index in [1.165, 1.54) is 18.5 Å². The van der Waals surface area contributed by atoms with Gasteiger partial charge in [0.15, 0.2) is 0 Å². The molecule has 7 nitrogen and oxygen atoms in total. The third kappa shape index (κ3) is 5.70. The molecule has 0 rings (SSSR count). The Labute approximate surface area is 125 Å². The molecule has 0 aromatic rings. The van der Waals surface area contributed by atoms with Crippen molar-refractivity contribution in [1.82, 2.24) is 4.31 Å². The van der Waals surface area contributed by atoms with Crippen LogP contribution in [0.15, 0.2) is 0 Å². The fraction of sp³-hybridized carbons (Fsp3) is 0.818. The molecule has 0 aliphatic carbocycles. The van der Waals surface area contributed by atoms with Crippen molar-refractivity contribution in [1.29, 1.82) is 0 Å². The van der Waals surface area contributed by atoms with E-state index < -0.39 is 21.2 Å². The minimum absolute atomic E-state index is 0.0114. The number of esters is 1. The molecule has 20 heavy (non-hydrogen) atoms. The number of nitrogens with zero attached hydrogens (tertiary/aromatic N) is 1. The van der Waals surface area contributed by atoms with Crippen molar-refractivity contribution in [2.24, 2.45) is 5.73 Å². The highest BCUT2D eigenvalue weighted by atomic mass is 32.2. The molecular formula is C11H22N2O5S2. The largest absolute Gasteiger partial charge is 0.469 e. The molecule has 2 N–H and O–H groups in total. The number of methoxy groups -OCH3 is 2. The van der Waals surface area contributed by atoms with Crippen LogP contribution < -0.4 is 5.73 Å². The quantitative estimate of drug-likeness (QED) is 0.442. The van der Waals surface area contributed by atoms with Gasteiger partial charge in [-0.25, -0.2) is 8.42 Å². The summed E-state index contributed by atoms with van der Waals surface area (Å²) in [6.07, 6.45) is 0.243. The second-order valence-corrected chi connectivity index (χ2v) is 6.65. The molecule has 1 atom stereocenters. The first kappa shape index (κ1) is 19.2. The van der Waals surface area contributed by atoms with Gasteiger partial charge in [0.05, 0.1) is 25.1 Å². The third-order valence-electron chi connectivity index (χ3n) is 2.75. The first-order valence-electron chi connectivity index (χ1n) is 6.15. The average Bonchev–Trinajstić information content (AvgIpc) is 2.37. The van der Waals surface area contributed by atoms with E-state index in [1.54, 1.807) is 6.92 Å². The Kier molecular flexibility index (Phi) is 8.86. The number of hydrogen-bond donors (Lipinski definition) is 1. The summed E-state index contributed by atoms with van der Waals surface area (Å²) < 4.78 is 35.5. The SMILES string of the molecule is CCC(C(N)=S)S(=O)(=O)N(CCOC)CCC(=O)OC. The minimum Gasteiger partial charge on any atom is -0.469 e. The molecule has 118 valence electrons. The zero-order valence-electron chi connectivity index (χ0n) is 12.0. The molecule has 0 fully saturated rings. The van der Waals surface area contributed by atoms with Gasteiger partial charge in [-0.1, -0.05) is 19.1 Å². The molecule has 0 aromatic carbocycles. The maximum Gasteiger partial charge on any atom is 0.306 e. The summed E-state index contributed by atoms with van der Waals surface area (Å²) >= 11 is 4.80. The molecule has 0 aliphatic rings. The molecule has 0 saturated carbocycles. The number of carbonyl (C=O) groups excluding carboxylic acids is 1. The lowest BCUT2D eigenvalue weighted by atomic mass is 10.3. The minimum atomic E-state index is -3.71. The van der Waals surface area contributed by atoms with Crippen LogP contribution in [0.5, 0.6) is 0 Å². The van der Waals surface area contributed by atoms with Crippen LogP contribution in [-0.2, 0) is 24.3 Å². The van der Waals surface area contributed by atoms with E-state index in [1.807, 2.05) is 0 Å². The fourth-order valence-electron chi connectivity index (χ4n) is 1.62. The van der Waals surface area contributed by atoms with Crippen LogP contribution in [0.4, 0.5) is 0 Å². The predicted molar refractivity (Wildman–Crippen MR) is 79.9 cm³/mol. The van der Waals surface area contributed by atoms with Crippen molar-refractivity contribution in [3.63, 3.8) is 0 Å². The van der Waals surface area contributed by atoms with Gasteiger partial charge in [-0.05, 0) is 6.42 Å². The highest BCUT2D eigenvalue weighted by Crippen LogP contribution is 2.14. The van der Waals surface area contributed by atoms with Crippen LogP contribution in [0.2, 0.25) is 0 Å². The Morgan fingerprint density at radius 2 is 1.95 bits per heavy atom. The van der Waals surface area contributed by atoms with Crippen LogP contribution in [0.3, 0.4) is 0 Å². The van der Waals surface area contributed by atoms with Crippen LogP contribution in [0.1, 0.15) is 19.8 Å². The number of ether oxygens (including phenoxy) is 2. The van der Waals surface area contributed by atoms with Gasteiger partial charge in [-0.15, -0.1) is 0 Å². The van der Waals surface area contributed by atoms with Crippen molar-refractivity contribution < 1.29 is 22.7 Å². The molecule has 0 heterocycles. The monoisotopic (exact) mass is 326 g/mol. The standard InChI is InChI=1S/C11H22N2O5S2/c1-4-9(11(12)19)20(15,16)13(7-8-17-2)6-5-10(14)18-3/h9H,4-8H2,1-3H3,(H2,12,19). The molecule has 1 unspecified atom stereocenters. The van der Waals surface area contributed by atoms with Crippen LogP contribution in [0, 0.1) is 0 Å². The normalized spacial score (nSPS) is 13.2. The molecule has 9 heteroatoms. The number of carbonyl (C=O) groups is 1. The smallest absolute Gasteiger partial charge is 0.306 e. The van der Waals surface area contributed by atoms with Crippen molar-refractivity contribution in [2.75, 3.05) is 33.9 Å². The second-order valence-electron chi connectivity index (χ2n) is 4.06. The van der Waals surface area contributed by atoms with E-state index in [0.29, 0.717) is 0 Å². The van der Waals surface area contributed by atoms with Crippen LogP contribution in [-0.4, -0.2) is 62.8 Å². The summed E-state index contributed by atoms with van der Waals surface area (Å²) in [7, 11) is -0.991. The van der Waals surface area contributed by atoms with Gasteiger partial charge in [0, 0.05) is 20.2 Å². The third-order valence-corrected chi connectivity index (χ3v) is 5.57. The zero-order valence-corrected chi connectivity index (χ0v) is 13.6. The Morgan fingerprint density at radius 1 is 1.35 bits per heavy atom.